The predicted molar refractivity (Wildman–Crippen MR) is 55.8 cm³/mol. The van der Waals surface area contributed by atoms with E-state index in [9.17, 15) is 5.11 Å². The molecule has 0 aliphatic carbocycles. The lowest BCUT2D eigenvalue weighted by molar-refractivity contribution is 0.187. The molecule has 1 aromatic heterocycles. The number of nitrogens with zero attached hydrogens (tertiary/aromatic N) is 1. The smallest absolute Gasteiger partial charge is 0.0912 e. The Morgan fingerprint density at radius 2 is 2.14 bits per heavy atom. The number of benzene rings is 1. The molecular weight excluding hydrogens is 176 g/mol. The number of hydrogen-bond acceptors (Lipinski definition) is 3. The summed E-state index contributed by atoms with van der Waals surface area (Å²) < 4.78 is 0. The molecule has 3 nitrogen and oxygen atoms in total. The minimum Gasteiger partial charge on any atom is -0.387 e. The van der Waals surface area contributed by atoms with Crippen molar-refractivity contribution in [3.63, 3.8) is 0 Å². The van der Waals surface area contributed by atoms with Gasteiger partial charge in [0.1, 0.15) is 0 Å². The number of pyridine rings is 1. The Bertz CT molecular complexity index is 442. The van der Waals surface area contributed by atoms with Gasteiger partial charge in [-0.1, -0.05) is 12.1 Å². The Morgan fingerprint density at radius 1 is 1.29 bits per heavy atom. The van der Waals surface area contributed by atoms with Gasteiger partial charge in [-0.25, -0.2) is 0 Å². The first-order chi connectivity index (χ1) is 6.81. The number of fused-ring (bicyclic) bond motifs is 1. The monoisotopic (exact) mass is 188 g/mol. The third-order valence-electron chi connectivity index (χ3n) is 2.27. The Balaban J connectivity index is 2.51. The van der Waals surface area contributed by atoms with Crippen LogP contribution in [0.15, 0.2) is 36.7 Å². The average Bonchev–Trinajstić information content (AvgIpc) is 2.27. The maximum absolute atomic E-state index is 9.55. The molecule has 0 fully saturated rings. The van der Waals surface area contributed by atoms with Gasteiger partial charge in [0.05, 0.1) is 6.10 Å². The average molecular weight is 188 g/mol. The second-order valence-corrected chi connectivity index (χ2v) is 3.23. The van der Waals surface area contributed by atoms with Crippen LogP contribution in [0.3, 0.4) is 0 Å². The van der Waals surface area contributed by atoms with E-state index in [1.165, 1.54) is 0 Å². The van der Waals surface area contributed by atoms with E-state index in [4.69, 9.17) is 5.73 Å². The fourth-order valence-corrected chi connectivity index (χ4v) is 1.45. The van der Waals surface area contributed by atoms with Crippen molar-refractivity contribution in [2.45, 2.75) is 6.10 Å². The third kappa shape index (κ3) is 1.60. The molecule has 2 aromatic rings. The van der Waals surface area contributed by atoms with E-state index in [-0.39, 0.29) is 6.54 Å². The first kappa shape index (κ1) is 9.12. The second-order valence-electron chi connectivity index (χ2n) is 3.23. The van der Waals surface area contributed by atoms with E-state index in [1.807, 2.05) is 24.3 Å². The van der Waals surface area contributed by atoms with E-state index in [1.54, 1.807) is 12.4 Å². The summed E-state index contributed by atoms with van der Waals surface area (Å²) in [5.74, 6) is 0. The van der Waals surface area contributed by atoms with Gasteiger partial charge < -0.3 is 10.8 Å². The summed E-state index contributed by atoms with van der Waals surface area (Å²) in [4.78, 5) is 4.02. The van der Waals surface area contributed by atoms with E-state index < -0.39 is 6.10 Å². The van der Waals surface area contributed by atoms with Crippen molar-refractivity contribution >= 4 is 10.8 Å². The molecule has 0 aliphatic rings. The van der Waals surface area contributed by atoms with E-state index >= 15 is 0 Å². The van der Waals surface area contributed by atoms with Gasteiger partial charge in [0.25, 0.3) is 0 Å². The maximum atomic E-state index is 9.55. The maximum Gasteiger partial charge on any atom is 0.0912 e. The van der Waals surface area contributed by atoms with Gasteiger partial charge in [0, 0.05) is 24.3 Å². The number of nitrogens with two attached hydrogens (primary N) is 1. The highest BCUT2D eigenvalue weighted by Gasteiger charge is 2.04. The first-order valence-electron chi connectivity index (χ1n) is 4.53. The van der Waals surface area contributed by atoms with Gasteiger partial charge in [-0.2, -0.15) is 0 Å². The van der Waals surface area contributed by atoms with E-state index in [0.717, 1.165) is 16.3 Å². The van der Waals surface area contributed by atoms with Crippen LogP contribution in [0.4, 0.5) is 0 Å². The summed E-state index contributed by atoms with van der Waals surface area (Å²) in [6, 6.07) is 7.68. The molecule has 72 valence electrons. The van der Waals surface area contributed by atoms with E-state index in [0.29, 0.717) is 0 Å². The molecule has 0 aliphatic heterocycles. The number of aliphatic hydroxyl groups excluding tert-OH is 1. The summed E-state index contributed by atoms with van der Waals surface area (Å²) >= 11 is 0. The molecule has 0 amide bonds. The van der Waals surface area contributed by atoms with Gasteiger partial charge in [-0.3, -0.25) is 4.98 Å². The van der Waals surface area contributed by atoms with Crippen molar-refractivity contribution in [2.75, 3.05) is 6.54 Å². The SMILES string of the molecule is NCC(O)c1ccc2cnccc2c1. The summed E-state index contributed by atoms with van der Waals surface area (Å²) in [5, 5.41) is 11.7. The highest BCUT2D eigenvalue weighted by Crippen LogP contribution is 2.18. The molecule has 0 bridgehead atoms. The summed E-state index contributed by atoms with van der Waals surface area (Å²) in [7, 11) is 0. The molecule has 3 N–H and O–H groups in total. The lowest BCUT2D eigenvalue weighted by Crippen LogP contribution is -2.11. The van der Waals surface area contributed by atoms with Crippen LogP contribution < -0.4 is 5.73 Å². The quantitative estimate of drug-likeness (QED) is 0.745. The Labute approximate surface area is 82.2 Å². The zero-order chi connectivity index (χ0) is 9.97. The number of rotatable bonds is 2. The Morgan fingerprint density at radius 3 is 2.93 bits per heavy atom. The van der Waals surface area contributed by atoms with Gasteiger partial charge >= 0.3 is 0 Å². The Hall–Kier alpha value is -1.45. The third-order valence-corrected chi connectivity index (χ3v) is 2.27. The molecule has 2 rings (SSSR count). The number of aromatic nitrogens is 1. The van der Waals surface area contributed by atoms with Crippen LogP contribution in [-0.2, 0) is 0 Å². The molecule has 14 heavy (non-hydrogen) atoms. The van der Waals surface area contributed by atoms with Crippen molar-refractivity contribution in [3.05, 3.63) is 42.2 Å². The lowest BCUT2D eigenvalue weighted by Gasteiger charge is -2.08. The molecule has 1 heterocycles. The Kier molecular flexibility index (Phi) is 2.43. The minimum atomic E-state index is -0.576. The van der Waals surface area contributed by atoms with Crippen molar-refractivity contribution in [3.8, 4) is 0 Å². The highest BCUT2D eigenvalue weighted by molar-refractivity contribution is 5.82. The minimum absolute atomic E-state index is 0.247. The molecular formula is C11H12N2O. The van der Waals surface area contributed by atoms with Crippen LogP contribution in [0, 0.1) is 0 Å². The van der Waals surface area contributed by atoms with Crippen LogP contribution in [0.1, 0.15) is 11.7 Å². The highest BCUT2D eigenvalue weighted by atomic mass is 16.3. The molecule has 0 saturated heterocycles. The first-order valence-corrected chi connectivity index (χ1v) is 4.53. The molecule has 1 aromatic carbocycles. The van der Waals surface area contributed by atoms with Gasteiger partial charge in [0.15, 0.2) is 0 Å². The summed E-state index contributed by atoms with van der Waals surface area (Å²) in [5.41, 5.74) is 6.24. The summed E-state index contributed by atoms with van der Waals surface area (Å²) in [6.07, 6.45) is 2.96. The second kappa shape index (κ2) is 3.74. The van der Waals surface area contributed by atoms with Crippen LogP contribution >= 0.6 is 0 Å². The van der Waals surface area contributed by atoms with Crippen LogP contribution in [0.5, 0.6) is 0 Å². The molecule has 0 spiro atoms. The zero-order valence-corrected chi connectivity index (χ0v) is 7.72. The van der Waals surface area contributed by atoms with Crippen LogP contribution in [-0.4, -0.2) is 16.6 Å². The van der Waals surface area contributed by atoms with Gasteiger partial charge in [-0.15, -0.1) is 0 Å². The van der Waals surface area contributed by atoms with Gasteiger partial charge in [0.2, 0.25) is 0 Å². The van der Waals surface area contributed by atoms with Crippen LogP contribution in [0.25, 0.3) is 10.8 Å². The standard InChI is InChI=1S/C11H12N2O/c12-6-11(14)9-1-2-10-7-13-4-3-8(10)5-9/h1-5,7,11,14H,6,12H2. The molecule has 1 atom stereocenters. The zero-order valence-electron chi connectivity index (χ0n) is 7.72. The fourth-order valence-electron chi connectivity index (χ4n) is 1.45. The van der Waals surface area contributed by atoms with Crippen molar-refractivity contribution in [2.24, 2.45) is 5.73 Å². The van der Waals surface area contributed by atoms with Crippen molar-refractivity contribution in [1.29, 1.82) is 0 Å². The van der Waals surface area contributed by atoms with E-state index in [2.05, 4.69) is 4.98 Å². The number of aliphatic hydroxyl groups is 1. The predicted octanol–water partition coefficient (Wildman–Crippen LogP) is 1.23. The fraction of sp³-hybridized carbons (Fsp3) is 0.182. The van der Waals surface area contributed by atoms with Crippen molar-refractivity contribution < 1.29 is 5.11 Å². The molecule has 0 radical (unpaired) electrons. The van der Waals surface area contributed by atoms with Gasteiger partial charge in [-0.05, 0) is 23.1 Å². The topological polar surface area (TPSA) is 59.1 Å². The lowest BCUT2D eigenvalue weighted by atomic mass is 10.1. The summed E-state index contributed by atoms with van der Waals surface area (Å²) in [6.45, 7) is 0.247. The largest absolute Gasteiger partial charge is 0.387 e. The molecule has 0 saturated carbocycles. The number of hydrogen-bond donors (Lipinski definition) is 2. The van der Waals surface area contributed by atoms with Crippen LogP contribution in [0.2, 0.25) is 0 Å². The normalized spacial score (nSPS) is 13.0. The van der Waals surface area contributed by atoms with Crippen molar-refractivity contribution in [1.82, 2.24) is 4.98 Å². The molecule has 3 heteroatoms. The molecule has 1 unspecified atom stereocenters.